The zero-order valence-corrected chi connectivity index (χ0v) is 16.8. The average Bonchev–Trinajstić information content (AvgIpc) is 2.73. The molecule has 0 spiro atoms. The molecule has 0 aliphatic carbocycles. The van der Waals surface area contributed by atoms with Crippen LogP contribution in [0, 0.1) is 0 Å². The van der Waals surface area contributed by atoms with Crippen molar-refractivity contribution in [2.75, 3.05) is 6.61 Å². The van der Waals surface area contributed by atoms with Crippen LogP contribution in [0.2, 0.25) is 0 Å². The maximum atomic E-state index is 12.1. The summed E-state index contributed by atoms with van der Waals surface area (Å²) in [5, 5.41) is 6.65. The Morgan fingerprint density at radius 1 is 0.724 bits per heavy atom. The summed E-state index contributed by atoms with van der Waals surface area (Å²) in [5.74, 6) is 0.536. The number of unbranched alkanes of at least 4 members (excludes halogenated alkanes) is 4. The maximum absolute atomic E-state index is 12.1. The number of carbonyl (C=O) groups excluding carboxylic acids is 1. The van der Waals surface area contributed by atoms with Crippen LogP contribution in [0.3, 0.4) is 0 Å². The van der Waals surface area contributed by atoms with Crippen molar-refractivity contribution in [2.45, 2.75) is 39.0 Å². The molecule has 0 aliphatic heterocycles. The SMILES string of the molecule is CCCCCCCOC(=O)Oc1cccc2cc3cc4ccccc4cc3cc12. The van der Waals surface area contributed by atoms with Gasteiger partial charge in [0, 0.05) is 5.39 Å². The lowest BCUT2D eigenvalue weighted by Gasteiger charge is -2.10. The van der Waals surface area contributed by atoms with Gasteiger partial charge in [-0.3, -0.25) is 0 Å². The molecule has 3 heteroatoms. The van der Waals surface area contributed by atoms with Gasteiger partial charge in [-0.25, -0.2) is 4.79 Å². The average molecular weight is 386 g/mol. The molecule has 0 radical (unpaired) electrons. The molecule has 4 rings (SSSR count). The predicted molar refractivity (Wildman–Crippen MR) is 120 cm³/mol. The van der Waals surface area contributed by atoms with Gasteiger partial charge in [0.05, 0.1) is 6.61 Å². The molecule has 0 saturated carbocycles. The molecule has 4 aromatic rings. The molecule has 148 valence electrons. The second kappa shape index (κ2) is 8.95. The first kappa shape index (κ1) is 19.3. The van der Waals surface area contributed by atoms with Gasteiger partial charge in [-0.05, 0) is 63.7 Å². The van der Waals surface area contributed by atoms with E-state index >= 15 is 0 Å². The number of fused-ring (bicyclic) bond motifs is 3. The Morgan fingerprint density at radius 3 is 2.14 bits per heavy atom. The van der Waals surface area contributed by atoms with Gasteiger partial charge in [0.2, 0.25) is 0 Å². The highest BCUT2D eigenvalue weighted by Crippen LogP contribution is 2.32. The van der Waals surface area contributed by atoms with E-state index in [9.17, 15) is 4.79 Å². The highest BCUT2D eigenvalue weighted by Gasteiger charge is 2.10. The molecule has 4 aromatic carbocycles. The lowest BCUT2D eigenvalue weighted by Crippen LogP contribution is -2.11. The molecule has 0 aliphatic rings. The second-order valence-corrected chi connectivity index (χ2v) is 7.49. The highest BCUT2D eigenvalue weighted by molar-refractivity contribution is 6.06. The first-order valence-corrected chi connectivity index (χ1v) is 10.4. The van der Waals surface area contributed by atoms with Crippen LogP contribution in [0.4, 0.5) is 4.79 Å². The lowest BCUT2D eigenvalue weighted by molar-refractivity contribution is 0.0978. The van der Waals surface area contributed by atoms with Crippen LogP contribution in [-0.2, 0) is 4.74 Å². The van der Waals surface area contributed by atoms with Gasteiger partial charge in [0.1, 0.15) is 5.75 Å². The van der Waals surface area contributed by atoms with E-state index in [1.165, 1.54) is 35.4 Å². The Labute approximate surface area is 171 Å². The smallest absolute Gasteiger partial charge is 0.434 e. The normalized spacial score (nSPS) is 11.2. The number of ether oxygens (including phenoxy) is 2. The van der Waals surface area contributed by atoms with E-state index in [-0.39, 0.29) is 0 Å². The van der Waals surface area contributed by atoms with Crippen LogP contribution in [0.15, 0.2) is 66.7 Å². The van der Waals surface area contributed by atoms with Gasteiger partial charge in [-0.2, -0.15) is 0 Å². The fourth-order valence-electron chi connectivity index (χ4n) is 3.76. The summed E-state index contributed by atoms with van der Waals surface area (Å²) in [4.78, 5) is 12.1. The summed E-state index contributed by atoms with van der Waals surface area (Å²) in [6.45, 7) is 2.59. The first-order valence-electron chi connectivity index (χ1n) is 10.4. The molecular formula is C26H26O3. The summed E-state index contributed by atoms with van der Waals surface area (Å²) < 4.78 is 10.8. The summed E-state index contributed by atoms with van der Waals surface area (Å²) >= 11 is 0. The van der Waals surface area contributed by atoms with Crippen molar-refractivity contribution in [1.82, 2.24) is 0 Å². The zero-order chi connectivity index (χ0) is 20.1. The number of hydrogen-bond acceptors (Lipinski definition) is 3. The van der Waals surface area contributed by atoms with Crippen LogP contribution in [0.25, 0.3) is 32.3 Å². The quantitative estimate of drug-likeness (QED) is 0.142. The summed E-state index contributed by atoms with van der Waals surface area (Å²) in [6, 6.07) is 22.7. The van der Waals surface area contributed by atoms with Crippen molar-refractivity contribution in [3.05, 3.63) is 66.7 Å². The molecule has 0 fully saturated rings. The minimum absolute atomic E-state index is 0.405. The second-order valence-electron chi connectivity index (χ2n) is 7.49. The minimum Gasteiger partial charge on any atom is -0.434 e. The molecule has 0 heterocycles. The fourth-order valence-corrected chi connectivity index (χ4v) is 3.76. The Bertz CT molecular complexity index is 1150. The van der Waals surface area contributed by atoms with Crippen LogP contribution in [0.5, 0.6) is 5.75 Å². The summed E-state index contributed by atoms with van der Waals surface area (Å²) in [5.41, 5.74) is 0. The van der Waals surface area contributed by atoms with Gasteiger partial charge in [-0.1, -0.05) is 69.0 Å². The zero-order valence-electron chi connectivity index (χ0n) is 16.8. The molecule has 29 heavy (non-hydrogen) atoms. The molecule has 3 nitrogen and oxygen atoms in total. The molecule has 0 unspecified atom stereocenters. The number of carbonyl (C=O) groups is 1. The lowest BCUT2D eigenvalue weighted by atomic mass is 9.99. The van der Waals surface area contributed by atoms with E-state index < -0.39 is 6.16 Å². The van der Waals surface area contributed by atoms with Crippen LogP contribution < -0.4 is 4.74 Å². The molecule has 0 amide bonds. The Balaban J connectivity index is 1.54. The highest BCUT2D eigenvalue weighted by atomic mass is 16.7. The van der Waals surface area contributed by atoms with E-state index in [2.05, 4.69) is 49.4 Å². The number of rotatable bonds is 7. The van der Waals surface area contributed by atoms with E-state index in [4.69, 9.17) is 9.47 Å². The van der Waals surface area contributed by atoms with Crippen molar-refractivity contribution in [2.24, 2.45) is 0 Å². The van der Waals surface area contributed by atoms with Crippen molar-refractivity contribution >= 4 is 38.5 Å². The summed E-state index contributed by atoms with van der Waals surface area (Å²) in [6.07, 6.45) is 4.93. The van der Waals surface area contributed by atoms with Gasteiger partial charge in [0.25, 0.3) is 0 Å². The monoisotopic (exact) mass is 386 g/mol. The van der Waals surface area contributed by atoms with Crippen molar-refractivity contribution in [1.29, 1.82) is 0 Å². The number of benzene rings is 4. The molecular weight excluding hydrogens is 360 g/mol. The van der Waals surface area contributed by atoms with E-state index in [0.717, 1.165) is 29.0 Å². The summed E-state index contributed by atoms with van der Waals surface area (Å²) in [7, 11) is 0. The van der Waals surface area contributed by atoms with Crippen LogP contribution in [-0.4, -0.2) is 12.8 Å². The third-order valence-corrected chi connectivity index (χ3v) is 5.32. The van der Waals surface area contributed by atoms with Crippen molar-refractivity contribution < 1.29 is 14.3 Å². The van der Waals surface area contributed by atoms with Crippen LogP contribution >= 0.6 is 0 Å². The standard InChI is InChI=1S/C26H26O3/c1-2-3-4-5-8-14-28-26(27)29-25-13-9-12-21-17-22-15-19-10-6-7-11-20(19)16-23(22)18-24(21)25/h6-7,9-13,15-18H,2-5,8,14H2,1H3. The largest absolute Gasteiger partial charge is 0.513 e. The third kappa shape index (κ3) is 4.51. The van der Waals surface area contributed by atoms with E-state index in [1.807, 2.05) is 24.3 Å². The molecule has 0 atom stereocenters. The van der Waals surface area contributed by atoms with Crippen molar-refractivity contribution in [3.8, 4) is 5.75 Å². The minimum atomic E-state index is -0.633. The fraction of sp³-hybridized carbons (Fsp3) is 0.269. The van der Waals surface area contributed by atoms with Gasteiger partial charge >= 0.3 is 6.16 Å². The Morgan fingerprint density at radius 2 is 1.38 bits per heavy atom. The van der Waals surface area contributed by atoms with E-state index in [1.54, 1.807) is 0 Å². The maximum Gasteiger partial charge on any atom is 0.513 e. The predicted octanol–water partition coefficient (Wildman–Crippen LogP) is 7.63. The van der Waals surface area contributed by atoms with Crippen LogP contribution in [0.1, 0.15) is 39.0 Å². The van der Waals surface area contributed by atoms with Crippen molar-refractivity contribution in [3.63, 3.8) is 0 Å². The first-order chi connectivity index (χ1) is 14.2. The topological polar surface area (TPSA) is 35.5 Å². The third-order valence-electron chi connectivity index (χ3n) is 5.32. The molecule has 0 N–H and O–H groups in total. The Hall–Kier alpha value is -3.07. The van der Waals surface area contributed by atoms with Gasteiger partial charge < -0.3 is 9.47 Å². The Kier molecular flexibility index (Phi) is 5.95. The van der Waals surface area contributed by atoms with Gasteiger partial charge in [-0.15, -0.1) is 0 Å². The molecule has 0 saturated heterocycles. The molecule has 0 aromatic heterocycles. The van der Waals surface area contributed by atoms with Gasteiger partial charge in [0.15, 0.2) is 0 Å². The van der Waals surface area contributed by atoms with E-state index in [0.29, 0.717) is 12.4 Å². The number of hydrogen-bond donors (Lipinski definition) is 0. The molecule has 0 bridgehead atoms.